The van der Waals surface area contributed by atoms with Gasteiger partial charge in [-0.25, -0.2) is 15.0 Å². The van der Waals surface area contributed by atoms with Gasteiger partial charge in [-0.2, -0.15) is 0 Å². The quantitative estimate of drug-likeness (QED) is 0.195. The Balaban J connectivity index is 1.10. The van der Waals surface area contributed by atoms with Crippen LogP contribution in [0.25, 0.3) is 72.8 Å². The van der Waals surface area contributed by atoms with Crippen LogP contribution >= 0.6 is 0 Å². The zero-order chi connectivity index (χ0) is 32.3. The van der Waals surface area contributed by atoms with Gasteiger partial charge < -0.3 is 4.42 Å². The summed E-state index contributed by atoms with van der Waals surface area (Å²) in [5.74, 6) is 2.38. The molecule has 10 rings (SSSR count). The molecule has 6 aromatic carbocycles. The number of para-hydroxylation sites is 2. The molecule has 230 valence electrons. The summed E-state index contributed by atoms with van der Waals surface area (Å²) in [7, 11) is 0. The van der Waals surface area contributed by atoms with Crippen LogP contribution in [0.3, 0.4) is 0 Å². The van der Waals surface area contributed by atoms with Gasteiger partial charge in [-0.05, 0) is 51.6 Å². The number of nitrogens with zero attached hydrogens (tertiary/aromatic N) is 3. The van der Waals surface area contributed by atoms with Gasteiger partial charge in [0.2, 0.25) is 0 Å². The molecular weight excluding hydrogens is 599 g/mol. The van der Waals surface area contributed by atoms with E-state index in [4.69, 9.17) is 19.4 Å². The molecule has 2 aliphatic carbocycles. The zero-order valence-corrected chi connectivity index (χ0v) is 26.5. The van der Waals surface area contributed by atoms with Gasteiger partial charge in [0, 0.05) is 33.7 Å². The first-order chi connectivity index (χ1) is 24.3. The van der Waals surface area contributed by atoms with E-state index >= 15 is 0 Å². The molecular formula is C45H29N3O. The highest BCUT2D eigenvalue weighted by molar-refractivity contribution is 6.09. The number of allylic oxidation sites excluding steroid dienone is 4. The molecule has 0 aliphatic heterocycles. The second-order valence-corrected chi connectivity index (χ2v) is 12.7. The van der Waals surface area contributed by atoms with Crippen LogP contribution in [0.15, 0.2) is 168 Å². The summed E-state index contributed by atoms with van der Waals surface area (Å²) in [5, 5.41) is 2.12. The van der Waals surface area contributed by atoms with Crippen LogP contribution in [-0.4, -0.2) is 15.0 Å². The minimum Gasteiger partial charge on any atom is -0.455 e. The molecule has 0 saturated heterocycles. The SMILES string of the molecule is C1=CC2c3ccccc3-c3ccccc3C2C=C1c1cccc(-c2nc(-c3ccccc3)nc(-c3cccc4c3oc3ccccc34)n2)c1. The van der Waals surface area contributed by atoms with Gasteiger partial charge in [0.1, 0.15) is 11.2 Å². The van der Waals surface area contributed by atoms with Crippen LogP contribution in [-0.2, 0) is 0 Å². The van der Waals surface area contributed by atoms with E-state index in [1.54, 1.807) is 0 Å². The molecule has 0 radical (unpaired) electrons. The van der Waals surface area contributed by atoms with Crippen molar-refractivity contribution in [1.82, 2.24) is 15.0 Å². The minimum atomic E-state index is 0.257. The lowest BCUT2D eigenvalue weighted by molar-refractivity contribution is 0.669. The van der Waals surface area contributed by atoms with E-state index in [1.165, 1.54) is 27.8 Å². The molecule has 0 saturated carbocycles. The highest BCUT2D eigenvalue weighted by Crippen LogP contribution is 2.51. The maximum absolute atomic E-state index is 6.40. The molecule has 2 heterocycles. The van der Waals surface area contributed by atoms with Gasteiger partial charge >= 0.3 is 0 Å². The highest BCUT2D eigenvalue weighted by atomic mass is 16.3. The normalized spacial score (nSPS) is 16.2. The highest BCUT2D eigenvalue weighted by Gasteiger charge is 2.32. The predicted molar refractivity (Wildman–Crippen MR) is 198 cm³/mol. The molecule has 0 amide bonds. The lowest BCUT2D eigenvalue weighted by Crippen LogP contribution is -2.17. The first kappa shape index (κ1) is 27.7. The van der Waals surface area contributed by atoms with E-state index in [0.29, 0.717) is 23.4 Å². The van der Waals surface area contributed by atoms with Crippen molar-refractivity contribution in [3.05, 3.63) is 181 Å². The zero-order valence-electron chi connectivity index (χ0n) is 26.5. The van der Waals surface area contributed by atoms with Gasteiger partial charge in [0.25, 0.3) is 0 Å². The average molecular weight is 628 g/mol. The van der Waals surface area contributed by atoms with Crippen molar-refractivity contribution in [3.63, 3.8) is 0 Å². The summed E-state index contributed by atoms with van der Waals surface area (Å²) in [4.78, 5) is 15.2. The van der Waals surface area contributed by atoms with Crippen molar-refractivity contribution < 1.29 is 4.42 Å². The van der Waals surface area contributed by atoms with Crippen molar-refractivity contribution in [2.45, 2.75) is 11.8 Å². The monoisotopic (exact) mass is 627 g/mol. The minimum absolute atomic E-state index is 0.257. The fourth-order valence-electron chi connectivity index (χ4n) is 7.62. The Morgan fingerprint density at radius 1 is 0.449 bits per heavy atom. The van der Waals surface area contributed by atoms with Gasteiger partial charge in [-0.15, -0.1) is 0 Å². The van der Waals surface area contributed by atoms with Crippen LogP contribution in [0.4, 0.5) is 0 Å². The summed E-state index contributed by atoms with van der Waals surface area (Å²) in [6.45, 7) is 0. The summed E-state index contributed by atoms with van der Waals surface area (Å²) in [6.07, 6.45) is 7.10. The first-order valence-electron chi connectivity index (χ1n) is 16.7. The summed E-state index contributed by atoms with van der Waals surface area (Å²) < 4.78 is 6.40. The molecule has 0 N–H and O–H groups in total. The van der Waals surface area contributed by atoms with E-state index in [2.05, 4.69) is 103 Å². The fourth-order valence-corrected chi connectivity index (χ4v) is 7.62. The van der Waals surface area contributed by atoms with Gasteiger partial charge in [-0.1, -0.05) is 146 Å². The van der Waals surface area contributed by atoms with Crippen molar-refractivity contribution >= 4 is 27.5 Å². The molecule has 49 heavy (non-hydrogen) atoms. The molecule has 0 fully saturated rings. The number of rotatable bonds is 4. The van der Waals surface area contributed by atoms with Crippen LogP contribution in [0, 0.1) is 0 Å². The Kier molecular flexibility index (Phi) is 6.28. The topological polar surface area (TPSA) is 51.8 Å². The van der Waals surface area contributed by atoms with E-state index in [9.17, 15) is 0 Å². The smallest absolute Gasteiger partial charge is 0.167 e. The molecule has 2 unspecified atom stereocenters. The number of aromatic nitrogens is 3. The van der Waals surface area contributed by atoms with E-state index in [0.717, 1.165) is 44.2 Å². The van der Waals surface area contributed by atoms with E-state index in [-0.39, 0.29) is 5.92 Å². The van der Waals surface area contributed by atoms with Gasteiger partial charge in [0.05, 0.1) is 5.56 Å². The molecule has 2 aromatic heterocycles. The summed E-state index contributed by atoms with van der Waals surface area (Å²) in [6, 6.07) is 50.6. The van der Waals surface area contributed by atoms with Crippen LogP contribution in [0.2, 0.25) is 0 Å². The summed E-state index contributed by atoms with van der Waals surface area (Å²) >= 11 is 0. The number of furan rings is 1. The van der Waals surface area contributed by atoms with Crippen molar-refractivity contribution in [1.29, 1.82) is 0 Å². The first-order valence-corrected chi connectivity index (χ1v) is 16.7. The number of hydrogen-bond acceptors (Lipinski definition) is 4. The molecule has 2 atom stereocenters. The Labute approximate surface area is 283 Å². The van der Waals surface area contributed by atoms with Crippen LogP contribution in [0.1, 0.15) is 28.5 Å². The maximum Gasteiger partial charge on any atom is 0.167 e. The third-order valence-electron chi connectivity index (χ3n) is 9.93. The second-order valence-electron chi connectivity index (χ2n) is 12.7. The van der Waals surface area contributed by atoms with Crippen molar-refractivity contribution in [3.8, 4) is 45.3 Å². The van der Waals surface area contributed by atoms with E-state index < -0.39 is 0 Å². The lowest BCUT2D eigenvalue weighted by atomic mass is 9.69. The van der Waals surface area contributed by atoms with Crippen LogP contribution < -0.4 is 0 Å². The number of benzene rings is 6. The maximum atomic E-state index is 6.40. The molecule has 2 aliphatic rings. The Morgan fingerprint density at radius 3 is 1.88 bits per heavy atom. The fraction of sp³-hybridized carbons (Fsp3) is 0.0444. The largest absolute Gasteiger partial charge is 0.455 e. The van der Waals surface area contributed by atoms with Gasteiger partial charge in [0.15, 0.2) is 17.5 Å². The van der Waals surface area contributed by atoms with Gasteiger partial charge in [-0.3, -0.25) is 0 Å². The van der Waals surface area contributed by atoms with Crippen LogP contribution in [0.5, 0.6) is 0 Å². The number of fused-ring (bicyclic) bond motifs is 9. The Hall–Kier alpha value is -6.39. The third-order valence-corrected chi connectivity index (χ3v) is 9.93. The lowest BCUT2D eigenvalue weighted by Gasteiger charge is -2.35. The molecule has 0 spiro atoms. The average Bonchev–Trinajstić information content (AvgIpc) is 3.57. The molecule has 4 nitrogen and oxygen atoms in total. The molecule has 0 bridgehead atoms. The summed E-state index contributed by atoms with van der Waals surface area (Å²) in [5.41, 5.74) is 12.1. The standard InChI is InChI=1S/C45H29N3O/c1-2-12-28(13-3-1)43-46-44(48-45(47-43)39-22-11-21-38-37-20-8-9-23-41(37)49-42(38)39)31-15-10-14-29(26-31)30-24-25-36-34-18-5-4-16-32(34)33-17-6-7-19-35(33)40(36)27-30/h1-27,36,40H. The predicted octanol–water partition coefficient (Wildman–Crippen LogP) is 11.3. The second kappa shape index (κ2) is 11.1. The third kappa shape index (κ3) is 4.56. The van der Waals surface area contributed by atoms with E-state index in [1.807, 2.05) is 60.7 Å². The molecule has 4 heteroatoms. The Morgan fingerprint density at radius 2 is 1.04 bits per heavy atom. The van der Waals surface area contributed by atoms with Crippen molar-refractivity contribution in [2.24, 2.45) is 0 Å². The Bertz CT molecular complexity index is 2630. The number of hydrogen-bond donors (Lipinski definition) is 0. The molecule has 8 aromatic rings. The van der Waals surface area contributed by atoms with Crippen molar-refractivity contribution in [2.75, 3.05) is 0 Å².